The molecule has 0 bridgehead atoms. The first kappa shape index (κ1) is 14.0. The Hall–Kier alpha value is -2.10. The lowest BCUT2D eigenvalue weighted by Gasteiger charge is -2.15. The van der Waals surface area contributed by atoms with E-state index in [9.17, 15) is 9.59 Å². The Bertz CT molecular complexity index is 449. The van der Waals surface area contributed by atoms with Crippen LogP contribution in [0.1, 0.15) is 29.3 Å². The fourth-order valence-electron chi connectivity index (χ4n) is 1.56. The lowest BCUT2D eigenvalue weighted by Crippen LogP contribution is -2.27. The van der Waals surface area contributed by atoms with Gasteiger partial charge in [0, 0.05) is 25.2 Å². The predicted octanol–water partition coefficient (Wildman–Crippen LogP) is 2.27. The Labute approximate surface area is 107 Å². The number of aliphatic carboxylic acids is 1. The summed E-state index contributed by atoms with van der Waals surface area (Å²) in [5.41, 5.74) is 1.37. The number of carboxylic acids is 1. The molecule has 1 aromatic rings. The van der Waals surface area contributed by atoms with E-state index < -0.39 is 5.97 Å². The van der Waals surface area contributed by atoms with Crippen molar-refractivity contribution in [3.8, 4) is 0 Å². The average Bonchev–Trinajstić information content (AvgIpc) is 2.36. The van der Waals surface area contributed by atoms with E-state index in [1.54, 1.807) is 36.2 Å². The molecule has 0 aromatic heterocycles. The van der Waals surface area contributed by atoms with Crippen molar-refractivity contribution in [2.24, 2.45) is 0 Å². The van der Waals surface area contributed by atoms with Gasteiger partial charge in [0.05, 0.1) is 0 Å². The van der Waals surface area contributed by atoms with Crippen LogP contribution in [0.25, 0.3) is 6.08 Å². The minimum atomic E-state index is -0.988. The fourth-order valence-corrected chi connectivity index (χ4v) is 1.56. The number of carbonyl (C=O) groups excluding carboxylic acids is 1. The van der Waals surface area contributed by atoms with Gasteiger partial charge in [0.1, 0.15) is 0 Å². The maximum Gasteiger partial charge on any atom is 0.328 e. The highest BCUT2D eigenvalue weighted by Crippen LogP contribution is 2.08. The summed E-state index contributed by atoms with van der Waals surface area (Å²) in [5.74, 6) is -1.01. The van der Waals surface area contributed by atoms with Gasteiger partial charge in [-0.1, -0.05) is 19.1 Å². The first-order chi connectivity index (χ1) is 8.54. The SMILES string of the molecule is CCCN(C)C(=O)c1ccc(/C=C/C(=O)O)cc1. The summed E-state index contributed by atoms with van der Waals surface area (Å²) < 4.78 is 0. The van der Waals surface area contributed by atoms with Crippen molar-refractivity contribution in [1.29, 1.82) is 0 Å². The van der Waals surface area contributed by atoms with Crippen molar-refractivity contribution in [2.45, 2.75) is 13.3 Å². The van der Waals surface area contributed by atoms with Crippen LogP contribution in [0, 0.1) is 0 Å². The van der Waals surface area contributed by atoms with Gasteiger partial charge in [-0.3, -0.25) is 4.79 Å². The average molecular weight is 247 g/mol. The molecule has 4 nitrogen and oxygen atoms in total. The molecule has 1 aromatic carbocycles. The second kappa shape index (κ2) is 6.59. The molecule has 0 unspecified atom stereocenters. The van der Waals surface area contributed by atoms with Gasteiger partial charge in [-0.15, -0.1) is 0 Å². The molecule has 0 saturated heterocycles. The van der Waals surface area contributed by atoms with E-state index in [1.165, 1.54) is 6.08 Å². The molecule has 1 rings (SSSR count). The maximum absolute atomic E-state index is 11.9. The highest BCUT2D eigenvalue weighted by Gasteiger charge is 2.09. The van der Waals surface area contributed by atoms with Crippen molar-refractivity contribution >= 4 is 18.0 Å². The first-order valence-corrected chi connectivity index (χ1v) is 5.81. The first-order valence-electron chi connectivity index (χ1n) is 5.81. The number of hydrogen-bond acceptors (Lipinski definition) is 2. The summed E-state index contributed by atoms with van der Waals surface area (Å²) in [6.07, 6.45) is 3.48. The molecule has 0 radical (unpaired) electrons. The van der Waals surface area contributed by atoms with Crippen molar-refractivity contribution in [3.63, 3.8) is 0 Å². The number of carbonyl (C=O) groups is 2. The zero-order valence-electron chi connectivity index (χ0n) is 10.6. The standard InChI is InChI=1S/C14H17NO3/c1-3-10-15(2)14(18)12-7-4-11(5-8-12)6-9-13(16)17/h4-9H,3,10H2,1-2H3,(H,16,17)/b9-6+. The van der Waals surface area contributed by atoms with Crippen LogP contribution in [-0.4, -0.2) is 35.5 Å². The zero-order valence-corrected chi connectivity index (χ0v) is 10.6. The summed E-state index contributed by atoms with van der Waals surface area (Å²) in [5, 5.41) is 8.50. The number of benzene rings is 1. The maximum atomic E-state index is 11.9. The van der Waals surface area contributed by atoms with Crippen LogP contribution >= 0.6 is 0 Å². The molecule has 0 aliphatic carbocycles. The van der Waals surface area contributed by atoms with Crippen LogP contribution in [0.5, 0.6) is 0 Å². The normalized spacial score (nSPS) is 10.6. The van der Waals surface area contributed by atoms with Crippen LogP contribution in [0.2, 0.25) is 0 Å². The minimum Gasteiger partial charge on any atom is -0.478 e. The lowest BCUT2D eigenvalue weighted by atomic mass is 10.1. The predicted molar refractivity (Wildman–Crippen MR) is 70.4 cm³/mol. The van der Waals surface area contributed by atoms with E-state index in [4.69, 9.17) is 5.11 Å². The van der Waals surface area contributed by atoms with Crippen LogP contribution in [0.4, 0.5) is 0 Å². The molecule has 18 heavy (non-hydrogen) atoms. The topological polar surface area (TPSA) is 57.6 Å². The number of rotatable bonds is 5. The summed E-state index contributed by atoms with van der Waals surface area (Å²) in [6, 6.07) is 6.87. The molecule has 0 aliphatic heterocycles. The van der Waals surface area contributed by atoms with Crippen LogP contribution in [0.15, 0.2) is 30.3 Å². The smallest absolute Gasteiger partial charge is 0.328 e. The van der Waals surface area contributed by atoms with Gasteiger partial charge in [0.2, 0.25) is 0 Å². The molecule has 96 valence electrons. The molecular weight excluding hydrogens is 230 g/mol. The number of carboxylic acid groups (broad SMARTS) is 1. The van der Waals surface area contributed by atoms with Gasteiger partial charge in [-0.05, 0) is 30.2 Å². The lowest BCUT2D eigenvalue weighted by molar-refractivity contribution is -0.131. The molecular formula is C14H17NO3. The zero-order chi connectivity index (χ0) is 13.5. The van der Waals surface area contributed by atoms with Crippen molar-refractivity contribution in [2.75, 3.05) is 13.6 Å². The Morgan fingerprint density at radius 2 is 1.89 bits per heavy atom. The summed E-state index contributed by atoms with van der Waals surface area (Å²) in [7, 11) is 1.77. The highest BCUT2D eigenvalue weighted by molar-refractivity contribution is 5.94. The number of amides is 1. The van der Waals surface area contributed by atoms with E-state index in [1.807, 2.05) is 6.92 Å². The molecule has 0 fully saturated rings. The molecule has 1 N–H and O–H groups in total. The van der Waals surface area contributed by atoms with Gasteiger partial charge in [0.25, 0.3) is 5.91 Å². The van der Waals surface area contributed by atoms with Crippen LogP contribution in [0.3, 0.4) is 0 Å². The summed E-state index contributed by atoms with van der Waals surface area (Å²) in [4.78, 5) is 24.0. The molecule has 4 heteroatoms. The minimum absolute atomic E-state index is 0.0226. The molecule has 1 amide bonds. The Morgan fingerprint density at radius 3 is 2.39 bits per heavy atom. The third kappa shape index (κ3) is 4.05. The quantitative estimate of drug-likeness (QED) is 0.812. The van der Waals surface area contributed by atoms with Gasteiger partial charge in [-0.2, -0.15) is 0 Å². The summed E-state index contributed by atoms with van der Waals surface area (Å²) >= 11 is 0. The van der Waals surface area contributed by atoms with Crippen LogP contribution in [-0.2, 0) is 4.79 Å². The largest absolute Gasteiger partial charge is 0.478 e. The van der Waals surface area contributed by atoms with Crippen molar-refractivity contribution in [3.05, 3.63) is 41.5 Å². The van der Waals surface area contributed by atoms with E-state index in [0.717, 1.165) is 24.6 Å². The van der Waals surface area contributed by atoms with Crippen molar-refractivity contribution in [1.82, 2.24) is 4.90 Å². The Kier molecular flexibility index (Phi) is 5.11. The third-order valence-corrected chi connectivity index (χ3v) is 2.48. The molecule has 0 aliphatic rings. The van der Waals surface area contributed by atoms with E-state index in [0.29, 0.717) is 5.56 Å². The Morgan fingerprint density at radius 1 is 1.28 bits per heavy atom. The van der Waals surface area contributed by atoms with E-state index in [2.05, 4.69) is 0 Å². The third-order valence-electron chi connectivity index (χ3n) is 2.48. The van der Waals surface area contributed by atoms with Crippen molar-refractivity contribution < 1.29 is 14.7 Å². The second-order valence-corrected chi connectivity index (χ2v) is 4.02. The number of nitrogens with zero attached hydrogens (tertiary/aromatic N) is 1. The molecule has 0 heterocycles. The van der Waals surface area contributed by atoms with Gasteiger partial charge in [0.15, 0.2) is 0 Å². The van der Waals surface area contributed by atoms with Gasteiger partial charge >= 0.3 is 5.97 Å². The van der Waals surface area contributed by atoms with Crippen LogP contribution < -0.4 is 0 Å². The fraction of sp³-hybridized carbons (Fsp3) is 0.286. The van der Waals surface area contributed by atoms with E-state index in [-0.39, 0.29) is 5.91 Å². The van der Waals surface area contributed by atoms with Gasteiger partial charge in [-0.25, -0.2) is 4.79 Å². The number of hydrogen-bond donors (Lipinski definition) is 1. The summed E-state index contributed by atoms with van der Waals surface area (Å²) in [6.45, 7) is 2.74. The van der Waals surface area contributed by atoms with Gasteiger partial charge < -0.3 is 10.0 Å². The molecule has 0 saturated carbocycles. The molecule has 0 atom stereocenters. The Balaban J connectivity index is 2.76. The highest BCUT2D eigenvalue weighted by atomic mass is 16.4. The van der Waals surface area contributed by atoms with E-state index >= 15 is 0 Å². The second-order valence-electron chi connectivity index (χ2n) is 4.02. The monoisotopic (exact) mass is 247 g/mol. The molecule has 0 spiro atoms.